The Balaban J connectivity index is 1.89. The highest BCUT2D eigenvalue weighted by molar-refractivity contribution is 8.26. The second-order valence-electron chi connectivity index (χ2n) is 5.55. The van der Waals surface area contributed by atoms with Gasteiger partial charge < -0.3 is 5.11 Å². The van der Waals surface area contributed by atoms with E-state index in [9.17, 15) is 9.59 Å². The van der Waals surface area contributed by atoms with Gasteiger partial charge in [-0.2, -0.15) is 0 Å². The molecule has 1 amide bonds. The summed E-state index contributed by atoms with van der Waals surface area (Å²) in [6.45, 7) is 1.44. The fraction of sp³-hybridized carbons (Fsp3) is 0.105. The van der Waals surface area contributed by atoms with Gasteiger partial charge in [0.05, 0.1) is 4.91 Å². The predicted octanol–water partition coefficient (Wildman–Crippen LogP) is 4.03. The molecule has 1 aliphatic rings. The number of rotatable bonds is 4. The van der Waals surface area contributed by atoms with Crippen molar-refractivity contribution in [2.45, 2.75) is 6.92 Å². The minimum Gasteiger partial charge on any atom is -0.480 e. The summed E-state index contributed by atoms with van der Waals surface area (Å²) in [5, 5.41) is 8.91. The van der Waals surface area contributed by atoms with Crippen LogP contribution in [0, 0.1) is 0 Å². The van der Waals surface area contributed by atoms with E-state index in [0.29, 0.717) is 4.91 Å². The first-order chi connectivity index (χ1) is 12.0. The smallest absolute Gasteiger partial charge is 0.323 e. The fourth-order valence-electron chi connectivity index (χ4n) is 2.57. The number of hydrogen-bond donors (Lipinski definition) is 1. The highest BCUT2D eigenvalue weighted by Crippen LogP contribution is 2.36. The molecule has 0 radical (unpaired) electrons. The molecule has 1 saturated heterocycles. The van der Waals surface area contributed by atoms with Crippen LogP contribution in [-0.4, -0.2) is 32.7 Å². The SMILES string of the molecule is C/C(=C1/SC(=S)N(CC(=O)O)C1=O)c1ccc(-c2ccccc2)cc1. The molecule has 1 heterocycles. The van der Waals surface area contributed by atoms with Crippen LogP contribution in [0.4, 0.5) is 0 Å². The summed E-state index contributed by atoms with van der Waals surface area (Å²) >= 11 is 6.29. The average Bonchev–Trinajstić information content (AvgIpc) is 2.90. The summed E-state index contributed by atoms with van der Waals surface area (Å²) in [6.07, 6.45) is 0. The van der Waals surface area contributed by atoms with Gasteiger partial charge in [-0.15, -0.1) is 0 Å². The summed E-state index contributed by atoms with van der Waals surface area (Å²) in [6, 6.07) is 18.0. The standard InChI is InChI=1S/C19H15NO3S2/c1-12(17-18(23)20(11-16(21)22)19(24)25-17)13-7-9-15(10-8-13)14-5-3-2-4-6-14/h2-10H,11H2,1H3,(H,21,22)/b17-12-. The van der Waals surface area contributed by atoms with Crippen LogP contribution in [0.15, 0.2) is 59.5 Å². The predicted molar refractivity (Wildman–Crippen MR) is 104 cm³/mol. The molecule has 0 aromatic heterocycles. The maximum Gasteiger partial charge on any atom is 0.323 e. The number of amides is 1. The van der Waals surface area contributed by atoms with Crippen LogP contribution in [-0.2, 0) is 9.59 Å². The molecule has 2 aromatic carbocycles. The van der Waals surface area contributed by atoms with Crippen molar-refractivity contribution in [3.05, 3.63) is 65.1 Å². The molecule has 6 heteroatoms. The molecule has 4 nitrogen and oxygen atoms in total. The van der Waals surface area contributed by atoms with E-state index in [4.69, 9.17) is 17.3 Å². The molecule has 1 aliphatic heterocycles. The number of carbonyl (C=O) groups is 2. The van der Waals surface area contributed by atoms with E-state index in [-0.39, 0.29) is 10.2 Å². The van der Waals surface area contributed by atoms with Crippen molar-refractivity contribution in [2.24, 2.45) is 0 Å². The van der Waals surface area contributed by atoms with E-state index in [1.54, 1.807) is 0 Å². The number of nitrogens with zero attached hydrogens (tertiary/aromatic N) is 1. The second kappa shape index (κ2) is 7.21. The summed E-state index contributed by atoms with van der Waals surface area (Å²) in [4.78, 5) is 24.9. The third-order valence-electron chi connectivity index (χ3n) is 3.91. The van der Waals surface area contributed by atoms with Crippen LogP contribution in [0.25, 0.3) is 16.7 Å². The van der Waals surface area contributed by atoms with E-state index < -0.39 is 12.5 Å². The number of benzene rings is 2. The van der Waals surface area contributed by atoms with Crippen molar-refractivity contribution >= 4 is 45.7 Å². The van der Waals surface area contributed by atoms with Crippen LogP contribution in [0.1, 0.15) is 12.5 Å². The number of allylic oxidation sites excluding steroid dienone is 1. The van der Waals surface area contributed by atoms with E-state index in [0.717, 1.165) is 38.9 Å². The number of thioether (sulfide) groups is 1. The topological polar surface area (TPSA) is 57.6 Å². The summed E-state index contributed by atoms with van der Waals surface area (Å²) in [5.74, 6) is -1.43. The Bertz CT molecular complexity index is 873. The second-order valence-corrected chi connectivity index (χ2v) is 7.19. The molecular weight excluding hydrogens is 354 g/mol. The first-order valence-corrected chi connectivity index (χ1v) is 8.82. The van der Waals surface area contributed by atoms with E-state index in [2.05, 4.69) is 0 Å². The van der Waals surface area contributed by atoms with Gasteiger partial charge in [0.15, 0.2) is 0 Å². The molecule has 126 valence electrons. The maximum absolute atomic E-state index is 12.5. The van der Waals surface area contributed by atoms with Crippen LogP contribution < -0.4 is 0 Å². The van der Waals surface area contributed by atoms with Gasteiger partial charge in [0.25, 0.3) is 5.91 Å². The highest BCUT2D eigenvalue weighted by Gasteiger charge is 2.34. The average molecular weight is 369 g/mol. The number of hydrogen-bond acceptors (Lipinski definition) is 4. The number of carbonyl (C=O) groups excluding carboxylic acids is 1. The molecule has 1 fully saturated rings. The van der Waals surface area contributed by atoms with Crippen molar-refractivity contribution in [1.82, 2.24) is 4.90 Å². The number of carboxylic acids is 1. The Morgan fingerprint density at radius 2 is 1.68 bits per heavy atom. The van der Waals surface area contributed by atoms with Gasteiger partial charge in [-0.25, -0.2) is 0 Å². The minimum atomic E-state index is -1.08. The lowest BCUT2D eigenvalue weighted by Gasteiger charge is -2.11. The largest absolute Gasteiger partial charge is 0.480 e. The van der Waals surface area contributed by atoms with Crippen molar-refractivity contribution in [1.29, 1.82) is 0 Å². The van der Waals surface area contributed by atoms with Crippen LogP contribution >= 0.6 is 24.0 Å². The Morgan fingerprint density at radius 1 is 1.08 bits per heavy atom. The van der Waals surface area contributed by atoms with Crippen LogP contribution in [0.3, 0.4) is 0 Å². The Morgan fingerprint density at radius 3 is 2.28 bits per heavy atom. The van der Waals surface area contributed by atoms with Gasteiger partial charge >= 0.3 is 5.97 Å². The lowest BCUT2D eigenvalue weighted by molar-refractivity contribution is -0.140. The molecule has 2 aromatic rings. The van der Waals surface area contributed by atoms with Gasteiger partial charge in [0.1, 0.15) is 10.9 Å². The summed E-state index contributed by atoms with van der Waals surface area (Å²) < 4.78 is 0.280. The summed E-state index contributed by atoms with van der Waals surface area (Å²) in [7, 11) is 0. The summed E-state index contributed by atoms with van der Waals surface area (Å²) in [5.41, 5.74) is 3.93. The quantitative estimate of drug-likeness (QED) is 0.651. The molecule has 3 rings (SSSR count). The molecule has 0 saturated carbocycles. The maximum atomic E-state index is 12.5. The van der Waals surface area contributed by atoms with Gasteiger partial charge in [0, 0.05) is 0 Å². The monoisotopic (exact) mass is 369 g/mol. The van der Waals surface area contributed by atoms with Gasteiger partial charge in [-0.1, -0.05) is 78.6 Å². The minimum absolute atomic E-state index is 0.280. The molecule has 0 aliphatic carbocycles. The van der Waals surface area contributed by atoms with E-state index in [1.165, 1.54) is 0 Å². The Hall–Kier alpha value is -2.44. The first-order valence-electron chi connectivity index (χ1n) is 7.59. The third-order valence-corrected chi connectivity index (χ3v) is 5.46. The molecule has 0 atom stereocenters. The van der Waals surface area contributed by atoms with Crippen molar-refractivity contribution in [2.75, 3.05) is 6.54 Å². The molecule has 0 spiro atoms. The first kappa shape index (κ1) is 17.4. The number of aliphatic carboxylic acids is 1. The third kappa shape index (κ3) is 3.65. The van der Waals surface area contributed by atoms with E-state index in [1.807, 2.05) is 61.5 Å². The van der Waals surface area contributed by atoms with Crippen molar-refractivity contribution in [3.63, 3.8) is 0 Å². The zero-order valence-electron chi connectivity index (χ0n) is 13.4. The van der Waals surface area contributed by atoms with Crippen molar-refractivity contribution < 1.29 is 14.7 Å². The van der Waals surface area contributed by atoms with Crippen LogP contribution in [0.2, 0.25) is 0 Å². The van der Waals surface area contributed by atoms with E-state index >= 15 is 0 Å². The van der Waals surface area contributed by atoms with Gasteiger partial charge in [-0.05, 0) is 29.2 Å². The molecule has 0 unspecified atom stereocenters. The normalized spacial score (nSPS) is 16.3. The lowest BCUT2D eigenvalue weighted by atomic mass is 10.0. The zero-order valence-corrected chi connectivity index (χ0v) is 15.1. The lowest BCUT2D eigenvalue weighted by Crippen LogP contribution is -2.33. The molecule has 25 heavy (non-hydrogen) atoms. The zero-order chi connectivity index (χ0) is 18.0. The Labute approximate surface area is 155 Å². The number of carboxylic acid groups (broad SMARTS) is 1. The molecule has 1 N–H and O–H groups in total. The van der Waals surface area contributed by atoms with Crippen molar-refractivity contribution in [3.8, 4) is 11.1 Å². The Kier molecular flexibility index (Phi) is 5.01. The van der Waals surface area contributed by atoms with Gasteiger partial charge in [0.2, 0.25) is 0 Å². The number of thiocarbonyl (C=S) groups is 1. The highest BCUT2D eigenvalue weighted by atomic mass is 32.2. The van der Waals surface area contributed by atoms with Crippen LogP contribution in [0.5, 0.6) is 0 Å². The van der Waals surface area contributed by atoms with Gasteiger partial charge in [-0.3, -0.25) is 14.5 Å². The fourth-order valence-corrected chi connectivity index (χ4v) is 3.87. The molecule has 0 bridgehead atoms. The molecular formula is C19H15NO3S2.